The first-order valence-corrected chi connectivity index (χ1v) is 14.4. The maximum absolute atomic E-state index is 13.6. The molecule has 2 N–H and O–H groups in total. The molecule has 0 bridgehead atoms. The molecule has 0 fully saturated rings. The van der Waals surface area contributed by atoms with E-state index in [1.54, 1.807) is 28.6 Å². The van der Waals surface area contributed by atoms with Crippen LogP contribution in [-0.2, 0) is 25.7 Å². The average Bonchev–Trinajstić information content (AvgIpc) is 3.43. The maximum atomic E-state index is 13.6. The number of rotatable bonds is 5. The first-order chi connectivity index (χ1) is 19.9. The highest BCUT2D eigenvalue weighted by Gasteiger charge is 2.32. The SMILES string of the molecule is CC(C)(C)NC(=O)N1CCc2c(-c3cccc(C(F)(F)F)c3)ccc(C(=O)NCc3scnc3-c3ccccc3)c2C1. The molecule has 0 radical (unpaired) electrons. The Morgan fingerprint density at radius 2 is 1.69 bits per heavy atom. The van der Waals surface area contributed by atoms with Gasteiger partial charge < -0.3 is 15.5 Å². The minimum Gasteiger partial charge on any atom is -0.347 e. The van der Waals surface area contributed by atoms with Gasteiger partial charge in [0.1, 0.15) is 0 Å². The molecule has 5 rings (SSSR count). The molecular formula is C32H31F3N4O2S. The van der Waals surface area contributed by atoms with Gasteiger partial charge in [0.25, 0.3) is 5.91 Å². The van der Waals surface area contributed by atoms with Crippen LogP contribution in [0.2, 0.25) is 0 Å². The van der Waals surface area contributed by atoms with E-state index in [2.05, 4.69) is 15.6 Å². The average molecular weight is 593 g/mol. The zero-order valence-electron chi connectivity index (χ0n) is 23.5. The number of aromatic nitrogens is 1. The van der Waals surface area contributed by atoms with Crippen LogP contribution in [0.5, 0.6) is 0 Å². The molecule has 218 valence electrons. The van der Waals surface area contributed by atoms with Crippen LogP contribution in [0.3, 0.4) is 0 Å². The van der Waals surface area contributed by atoms with Gasteiger partial charge in [-0.2, -0.15) is 13.2 Å². The van der Waals surface area contributed by atoms with Crippen LogP contribution in [0.25, 0.3) is 22.4 Å². The number of benzene rings is 3. The summed E-state index contributed by atoms with van der Waals surface area (Å²) in [6.45, 7) is 6.44. The van der Waals surface area contributed by atoms with Gasteiger partial charge >= 0.3 is 12.2 Å². The van der Waals surface area contributed by atoms with E-state index >= 15 is 0 Å². The van der Waals surface area contributed by atoms with Crippen LogP contribution in [0.15, 0.2) is 72.2 Å². The predicted octanol–water partition coefficient (Wildman–Crippen LogP) is 7.29. The lowest BCUT2D eigenvalue weighted by Crippen LogP contribution is -2.50. The Morgan fingerprint density at radius 1 is 0.952 bits per heavy atom. The van der Waals surface area contributed by atoms with Gasteiger partial charge in [-0.15, -0.1) is 11.3 Å². The van der Waals surface area contributed by atoms with E-state index in [1.807, 2.05) is 51.1 Å². The first-order valence-electron chi connectivity index (χ1n) is 13.6. The number of halogens is 3. The molecule has 3 amide bonds. The Hall–Kier alpha value is -4.18. The number of nitrogens with one attached hydrogen (secondary N) is 2. The van der Waals surface area contributed by atoms with Gasteiger partial charge in [0.15, 0.2) is 0 Å². The van der Waals surface area contributed by atoms with Crippen molar-refractivity contribution in [3.8, 4) is 22.4 Å². The van der Waals surface area contributed by atoms with Crippen molar-refractivity contribution in [2.75, 3.05) is 6.54 Å². The minimum absolute atomic E-state index is 0.155. The van der Waals surface area contributed by atoms with Gasteiger partial charge in [-0.25, -0.2) is 9.78 Å². The molecule has 0 atom stereocenters. The number of thiazole rings is 1. The normalized spacial score (nSPS) is 13.4. The second-order valence-corrected chi connectivity index (χ2v) is 12.2. The van der Waals surface area contributed by atoms with Crippen LogP contribution in [0, 0.1) is 0 Å². The Bertz CT molecular complexity index is 1610. The van der Waals surface area contributed by atoms with Crippen molar-refractivity contribution in [1.29, 1.82) is 0 Å². The van der Waals surface area contributed by atoms with Crippen LogP contribution in [0.1, 0.15) is 52.7 Å². The summed E-state index contributed by atoms with van der Waals surface area (Å²) in [5.74, 6) is -0.327. The molecule has 10 heteroatoms. The zero-order chi connectivity index (χ0) is 30.1. The molecule has 1 aromatic heterocycles. The third-order valence-electron chi connectivity index (χ3n) is 7.02. The summed E-state index contributed by atoms with van der Waals surface area (Å²) in [4.78, 5) is 33.7. The Kier molecular flexibility index (Phi) is 8.10. The van der Waals surface area contributed by atoms with Gasteiger partial charge in [0, 0.05) is 29.8 Å². The number of nitrogens with zero attached hydrogens (tertiary/aromatic N) is 2. The second-order valence-electron chi connectivity index (χ2n) is 11.2. The fraction of sp³-hybridized carbons (Fsp3) is 0.281. The van der Waals surface area contributed by atoms with Crippen molar-refractivity contribution in [2.45, 2.75) is 52.0 Å². The number of carbonyl (C=O) groups is 2. The smallest absolute Gasteiger partial charge is 0.347 e. The second kappa shape index (κ2) is 11.6. The van der Waals surface area contributed by atoms with E-state index in [-0.39, 0.29) is 25.0 Å². The Labute approximate surface area is 246 Å². The topological polar surface area (TPSA) is 74.3 Å². The molecule has 0 aliphatic carbocycles. The van der Waals surface area contributed by atoms with Gasteiger partial charge in [-0.1, -0.05) is 48.5 Å². The molecule has 0 saturated carbocycles. The summed E-state index contributed by atoms with van der Waals surface area (Å²) in [6, 6.07) is 18.0. The highest BCUT2D eigenvalue weighted by atomic mass is 32.1. The number of urea groups is 1. The van der Waals surface area contributed by atoms with Crippen molar-refractivity contribution in [3.63, 3.8) is 0 Å². The van der Waals surface area contributed by atoms with Crippen LogP contribution >= 0.6 is 11.3 Å². The summed E-state index contributed by atoms with van der Waals surface area (Å²) >= 11 is 1.44. The molecule has 1 aliphatic heterocycles. The van der Waals surface area contributed by atoms with E-state index in [4.69, 9.17) is 0 Å². The largest absolute Gasteiger partial charge is 0.416 e. The fourth-order valence-electron chi connectivity index (χ4n) is 5.08. The van der Waals surface area contributed by atoms with E-state index < -0.39 is 17.3 Å². The highest BCUT2D eigenvalue weighted by molar-refractivity contribution is 7.10. The van der Waals surface area contributed by atoms with Crippen molar-refractivity contribution in [1.82, 2.24) is 20.5 Å². The van der Waals surface area contributed by atoms with Gasteiger partial charge in [-0.05, 0) is 67.6 Å². The van der Waals surface area contributed by atoms with Crippen molar-refractivity contribution >= 4 is 23.3 Å². The number of carbonyl (C=O) groups excluding carboxylic acids is 2. The van der Waals surface area contributed by atoms with Crippen LogP contribution in [0.4, 0.5) is 18.0 Å². The Balaban J connectivity index is 1.48. The summed E-state index contributed by atoms with van der Waals surface area (Å²) in [5.41, 5.74) is 5.12. The number of hydrogen-bond donors (Lipinski definition) is 2. The molecule has 0 spiro atoms. The summed E-state index contributed by atoms with van der Waals surface area (Å²) in [5, 5.41) is 5.96. The van der Waals surface area contributed by atoms with Crippen molar-refractivity contribution in [2.24, 2.45) is 0 Å². The standard InChI is InChI=1S/C32H31F3N4O2S/c1-31(2,3)38-30(41)39-15-14-24-23(21-10-7-11-22(16-21)32(33,34)35)12-13-25(26(24)18-39)29(40)36-17-27-28(37-19-42-27)20-8-5-4-6-9-20/h4-13,16,19H,14-15,17-18H2,1-3H3,(H,36,40)(H,38,41). The van der Waals surface area contributed by atoms with E-state index in [9.17, 15) is 22.8 Å². The van der Waals surface area contributed by atoms with Crippen molar-refractivity contribution in [3.05, 3.63) is 99.4 Å². The lowest BCUT2D eigenvalue weighted by molar-refractivity contribution is -0.137. The Morgan fingerprint density at radius 3 is 2.40 bits per heavy atom. The molecular weight excluding hydrogens is 561 g/mol. The van der Waals surface area contributed by atoms with E-state index in [0.717, 1.165) is 33.8 Å². The monoisotopic (exact) mass is 592 g/mol. The van der Waals surface area contributed by atoms with Gasteiger partial charge in [-0.3, -0.25) is 4.79 Å². The van der Waals surface area contributed by atoms with Crippen molar-refractivity contribution < 1.29 is 22.8 Å². The molecule has 3 aromatic carbocycles. The molecule has 42 heavy (non-hydrogen) atoms. The van der Waals surface area contributed by atoms with Gasteiger partial charge in [0.2, 0.25) is 0 Å². The lowest BCUT2D eigenvalue weighted by atomic mass is 9.87. The molecule has 2 heterocycles. The molecule has 0 saturated heterocycles. The third-order valence-corrected chi connectivity index (χ3v) is 7.86. The highest BCUT2D eigenvalue weighted by Crippen LogP contribution is 2.36. The summed E-state index contributed by atoms with van der Waals surface area (Å²) in [6.07, 6.45) is -4.08. The molecule has 0 unspecified atom stereocenters. The zero-order valence-corrected chi connectivity index (χ0v) is 24.3. The van der Waals surface area contributed by atoms with E-state index in [0.29, 0.717) is 35.2 Å². The number of hydrogen-bond acceptors (Lipinski definition) is 4. The quantitative estimate of drug-likeness (QED) is 0.256. The van der Waals surface area contributed by atoms with Crippen LogP contribution < -0.4 is 10.6 Å². The number of alkyl halides is 3. The first kappa shape index (κ1) is 29.3. The maximum Gasteiger partial charge on any atom is 0.416 e. The summed E-state index contributed by atoms with van der Waals surface area (Å²) < 4.78 is 40.5. The summed E-state index contributed by atoms with van der Waals surface area (Å²) in [7, 11) is 0. The minimum atomic E-state index is -4.48. The lowest BCUT2D eigenvalue weighted by Gasteiger charge is -2.34. The van der Waals surface area contributed by atoms with Crippen LogP contribution in [-0.4, -0.2) is 33.9 Å². The number of amides is 3. The number of fused-ring (bicyclic) bond motifs is 1. The molecule has 4 aromatic rings. The third kappa shape index (κ3) is 6.49. The predicted molar refractivity (Wildman–Crippen MR) is 158 cm³/mol. The molecule has 6 nitrogen and oxygen atoms in total. The van der Waals surface area contributed by atoms with Gasteiger partial charge in [0.05, 0.1) is 28.2 Å². The molecule has 1 aliphatic rings. The van der Waals surface area contributed by atoms with E-state index in [1.165, 1.54) is 17.4 Å². The fourth-order valence-corrected chi connectivity index (χ4v) is 5.80.